The summed E-state index contributed by atoms with van der Waals surface area (Å²) in [5.74, 6) is 2.37. The van der Waals surface area contributed by atoms with Crippen LogP contribution >= 0.6 is 11.8 Å². The van der Waals surface area contributed by atoms with Crippen molar-refractivity contribution in [2.75, 3.05) is 31.1 Å². The van der Waals surface area contributed by atoms with Gasteiger partial charge in [-0.25, -0.2) is 0 Å². The number of nitrogens with one attached hydrogen (secondary N) is 1. The van der Waals surface area contributed by atoms with E-state index in [0.717, 1.165) is 50.3 Å². The molecule has 0 atom stereocenters. The van der Waals surface area contributed by atoms with Crippen molar-refractivity contribution in [2.24, 2.45) is 0 Å². The maximum absolute atomic E-state index is 11.9. The van der Waals surface area contributed by atoms with Crippen LogP contribution in [0.25, 0.3) is 0 Å². The van der Waals surface area contributed by atoms with Crippen LogP contribution in [-0.4, -0.2) is 59.2 Å². The van der Waals surface area contributed by atoms with Gasteiger partial charge in [0.1, 0.15) is 0 Å². The highest BCUT2D eigenvalue weighted by Crippen LogP contribution is 2.18. The first-order chi connectivity index (χ1) is 8.25. The second-order valence-corrected chi connectivity index (χ2v) is 6.10. The van der Waals surface area contributed by atoms with Gasteiger partial charge < -0.3 is 15.3 Å². The Bertz CT molecular complexity index is 249. The summed E-state index contributed by atoms with van der Waals surface area (Å²) in [5, 5.41) is 12.7. The summed E-state index contributed by atoms with van der Waals surface area (Å²) in [6.45, 7) is 2.26. The molecule has 1 amide bonds. The summed E-state index contributed by atoms with van der Waals surface area (Å²) in [6, 6.07) is 0.418. The second-order valence-electron chi connectivity index (χ2n) is 4.88. The minimum absolute atomic E-state index is 0.122. The molecule has 17 heavy (non-hydrogen) atoms. The van der Waals surface area contributed by atoms with Crippen molar-refractivity contribution in [1.29, 1.82) is 0 Å². The standard InChI is InChI=1S/C12H22N2O2S/c15-11-3-1-10(2-4-11)13-9-12(16)14-5-7-17-8-6-14/h10-11,13,15H,1-9H2. The van der Waals surface area contributed by atoms with Crippen molar-refractivity contribution < 1.29 is 9.90 Å². The first-order valence-corrected chi connectivity index (χ1v) is 7.68. The van der Waals surface area contributed by atoms with E-state index in [1.54, 1.807) is 0 Å². The quantitative estimate of drug-likeness (QED) is 0.772. The summed E-state index contributed by atoms with van der Waals surface area (Å²) in [6.07, 6.45) is 3.59. The smallest absolute Gasteiger partial charge is 0.236 e. The SMILES string of the molecule is O=C(CNC1CCC(O)CC1)N1CCSCC1. The second kappa shape index (κ2) is 6.61. The fraction of sp³-hybridized carbons (Fsp3) is 0.917. The van der Waals surface area contributed by atoms with Crippen molar-refractivity contribution in [2.45, 2.75) is 37.8 Å². The van der Waals surface area contributed by atoms with Crippen LogP contribution < -0.4 is 5.32 Å². The molecular formula is C12H22N2O2S. The minimum Gasteiger partial charge on any atom is -0.393 e. The van der Waals surface area contributed by atoms with Gasteiger partial charge in [-0.1, -0.05) is 0 Å². The number of rotatable bonds is 3. The fourth-order valence-electron chi connectivity index (χ4n) is 2.44. The predicted octanol–water partition coefficient (Wildman–Crippen LogP) is 0.455. The van der Waals surface area contributed by atoms with Gasteiger partial charge in [0.2, 0.25) is 5.91 Å². The van der Waals surface area contributed by atoms with E-state index >= 15 is 0 Å². The molecule has 5 heteroatoms. The fourth-order valence-corrected chi connectivity index (χ4v) is 3.34. The van der Waals surface area contributed by atoms with Gasteiger partial charge in [0.15, 0.2) is 0 Å². The molecule has 0 unspecified atom stereocenters. The van der Waals surface area contributed by atoms with E-state index in [4.69, 9.17) is 0 Å². The lowest BCUT2D eigenvalue weighted by atomic mass is 9.93. The van der Waals surface area contributed by atoms with Crippen LogP contribution in [0, 0.1) is 0 Å². The number of aliphatic hydroxyl groups excluding tert-OH is 1. The van der Waals surface area contributed by atoms with E-state index in [1.807, 2.05) is 16.7 Å². The van der Waals surface area contributed by atoms with Crippen molar-refractivity contribution in [3.05, 3.63) is 0 Å². The van der Waals surface area contributed by atoms with Gasteiger partial charge in [0, 0.05) is 30.6 Å². The Labute approximate surface area is 107 Å². The summed E-state index contributed by atoms with van der Waals surface area (Å²) in [5.41, 5.74) is 0. The zero-order valence-electron chi connectivity index (χ0n) is 10.2. The topological polar surface area (TPSA) is 52.6 Å². The van der Waals surface area contributed by atoms with Crippen molar-refractivity contribution >= 4 is 17.7 Å². The van der Waals surface area contributed by atoms with Gasteiger partial charge in [-0.3, -0.25) is 4.79 Å². The van der Waals surface area contributed by atoms with Gasteiger partial charge in [-0.05, 0) is 25.7 Å². The number of carbonyl (C=O) groups is 1. The molecule has 98 valence electrons. The number of hydrogen-bond acceptors (Lipinski definition) is 4. The third-order valence-electron chi connectivity index (χ3n) is 3.60. The molecule has 1 aliphatic heterocycles. The van der Waals surface area contributed by atoms with E-state index < -0.39 is 0 Å². The first-order valence-electron chi connectivity index (χ1n) is 6.52. The highest BCUT2D eigenvalue weighted by atomic mass is 32.2. The highest BCUT2D eigenvalue weighted by Gasteiger charge is 2.21. The number of hydrogen-bond donors (Lipinski definition) is 2. The molecule has 0 aromatic heterocycles. The molecule has 2 fully saturated rings. The molecular weight excluding hydrogens is 236 g/mol. The lowest BCUT2D eigenvalue weighted by Gasteiger charge is -2.29. The molecule has 1 heterocycles. The van der Waals surface area contributed by atoms with Gasteiger partial charge in [-0.15, -0.1) is 0 Å². The summed E-state index contributed by atoms with van der Waals surface area (Å²) >= 11 is 1.92. The number of nitrogens with zero attached hydrogens (tertiary/aromatic N) is 1. The maximum atomic E-state index is 11.9. The monoisotopic (exact) mass is 258 g/mol. The predicted molar refractivity (Wildman–Crippen MR) is 70.2 cm³/mol. The van der Waals surface area contributed by atoms with E-state index in [0.29, 0.717) is 12.6 Å². The number of aliphatic hydroxyl groups is 1. The van der Waals surface area contributed by atoms with Crippen molar-refractivity contribution in [3.63, 3.8) is 0 Å². The third kappa shape index (κ3) is 4.16. The molecule has 0 radical (unpaired) electrons. The molecule has 1 saturated carbocycles. The highest BCUT2D eigenvalue weighted by molar-refractivity contribution is 7.99. The number of amides is 1. The normalized spacial score (nSPS) is 30.3. The van der Waals surface area contributed by atoms with Crippen LogP contribution in [0.5, 0.6) is 0 Å². The minimum atomic E-state index is -0.122. The molecule has 1 aliphatic carbocycles. The third-order valence-corrected chi connectivity index (χ3v) is 4.54. The van der Waals surface area contributed by atoms with E-state index in [9.17, 15) is 9.90 Å². The Morgan fingerprint density at radius 3 is 2.53 bits per heavy atom. The van der Waals surface area contributed by atoms with Gasteiger partial charge in [0.25, 0.3) is 0 Å². The zero-order chi connectivity index (χ0) is 12.1. The Morgan fingerprint density at radius 1 is 1.24 bits per heavy atom. The Balaban J connectivity index is 1.65. The van der Waals surface area contributed by atoms with Crippen molar-refractivity contribution in [1.82, 2.24) is 10.2 Å². The van der Waals surface area contributed by atoms with Gasteiger partial charge >= 0.3 is 0 Å². The molecule has 0 aromatic rings. The van der Waals surface area contributed by atoms with Crippen LogP contribution in [0.15, 0.2) is 0 Å². The molecule has 4 nitrogen and oxygen atoms in total. The van der Waals surface area contributed by atoms with Crippen LogP contribution in [-0.2, 0) is 4.79 Å². The van der Waals surface area contributed by atoms with E-state index in [1.165, 1.54) is 0 Å². The van der Waals surface area contributed by atoms with Crippen molar-refractivity contribution in [3.8, 4) is 0 Å². The molecule has 0 aromatic carbocycles. The van der Waals surface area contributed by atoms with Crippen LogP contribution in [0.2, 0.25) is 0 Å². The Morgan fingerprint density at radius 2 is 1.88 bits per heavy atom. The summed E-state index contributed by atoms with van der Waals surface area (Å²) in [7, 11) is 0. The van der Waals surface area contributed by atoms with Crippen LogP contribution in [0.1, 0.15) is 25.7 Å². The Kier molecular flexibility index (Phi) is 5.13. The van der Waals surface area contributed by atoms with E-state index in [2.05, 4.69) is 5.32 Å². The molecule has 2 N–H and O–H groups in total. The summed E-state index contributed by atoms with van der Waals surface area (Å²) < 4.78 is 0. The van der Waals surface area contributed by atoms with Gasteiger partial charge in [-0.2, -0.15) is 11.8 Å². The molecule has 2 aliphatic rings. The molecule has 0 bridgehead atoms. The molecule has 2 rings (SSSR count). The maximum Gasteiger partial charge on any atom is 0.236 e. The lowest BCUT2D eigenvalue weighted by Crippen LogP contribution is -2.45. The van der Waals surface area contributed by atoms with Crippen LogP contribution in [0.3, 0.4) is 0 Å². The largest absolute Gasteiger partial charge is 0.393 e. The zero-order valence-corrected chi connectivity index (χ0v) is 11.0. The van der Waals surface area contributed by atoms with E-state index in [-0.39, 0.29) is 12.0 Å². The first kappa shape index (κ1) is 13.2. The average Bonchev–Trinajstić information content (AvgIpc) is 2.39. The molecule has 0 spiro atoms. The lowest BCUT2D eigenvalue weighted by molar-refractivity contribution is -0.130. The number of thioether (sulfide) groups is 1. The Hall–Kier alpha value is -0.260. The van der Waals surface area contributed by atoms with Crippen LogP contribution in [0.4, 0.5) is 0 Å². The summed E-state index contributed by atoms with van der Waals surface area (Å²) in [4.78, 5) is 13.9. The number of carbonyl (C=O) groups excluding carboxylic acids is 1. The average molecular weight is 258 g/mol. The molecule has 1 saturated heterocycles. The van der Waals surface area contributed by atoms with Gasteiger partial charge in [0.05, 0.1) is 12.6 Å².